The van der Waals surface area contributed by atoms with Crippen LogP contribution in [0.3, 0.4) is 0 Å². The van der Waals surface area contributed by atoms with Crippen molar-refractivity contribution in [3.63, 3.8) is 0 Å². The highest BCUT2D eigenvalue weighted by Gasteiger charge is 2.21. The number of nitrogens with zero attached hydrogens (tertiary/aromatic N) is 2. The zero-order chi connectivity index (χ0) is 16.3. The fourth-order valence-electron chi connectivity index (χ4n) is 2.09. The summed E-state index contributed by atoms with van der Waals surface area (Å²) in [6.45, 7) is 0.638. The highest BCUT2D eigenvalue weighted by Crippen LogP contribution is 2.31. The van der Waals surface area contributed by atoms with Crippen LogP contribution in [0.25, 0.3) is 0 Å². The molecule has 8 heteroatoms. The number of sulfonamides is 1. The number of methoxy groups -OCH3 is 1. The van der Waals surface area contributed by atoms with Crippen LogP contribution in [0.4, 0.5) is 5.69 Å². The van der Waals surface area contributed by atoms with E-state index in [4.69, 9.17) is 4.74 Å². The molecule has 0 bridgehead atoms. The molecule has 3 rings (SSSR count). The zero-order valence-electron chi connectivity index (χ0n) is 12.3. The molecule has 0 radical (unpaired) electrons. The largest absolute Gasteiger partial charge is 0.494 e. The van der Waals surface area contributed by atoms with Crippen LogP contribution in [0.1, 0.15) is 5.56 Å². The molecule has 2 heterocycles. The summed E-state index contributed by atoms with van der Waals surface area (Å²) in [6, 6.07) is 10.7. The molecule has 3 aromatic rings. The molecule has 0 aliphatic heterocycles. The van der Waals surface area contributed by atoms with Crippen molar-refractivity contribution in [1.29, 1.82) is 0 Å². The van der Waals surface area contributed by atoms with Gasteiger partial charge in [0.15, 0.2) is 4.21 Å². The number of thiophene rings is 1. The van der Waals surface area contributed by atoms with Crippen molar-refractivity contribution in [2.45, 2.75) is 10.8 Å². The summed E-state index contributed by atoms with van der Waals surface area (Å²) in [5, 5.41) is 5.82. The van der Waals surface area contributed by atoms with Gasteiger partial charge in [-0.1, -0.05) is 12.1 Å². The normalized spacial score (nSPS) is 11.3. The molecule has 23 heavy (non-hydrogen) atoms. The standard InChI is InChI=1S/C15H15N3O3S2/c1-21-14-7-10-22-15(14)23(19,20)17-13-5-3-12(4-6-13)11-18-9-2-8-16-18/h2-10,17H,11H2,1H3. The van der Waals surface area contributed by atoms with Gasteiger partial charge in [0.25, 0.3) is 10.0 Å². The number of hydrogen-bond donors (Lipinski definition) is 1. The number of aromatic nitrogens is 2. The van der Waals surface area contributed by atoms with Crippen molar-refractivity contribution in [3.8, 4) is 5.75 Å². The van der Waals surface area contributed by atoms with Gasteiger partial charge in [0.2, 0.25) is 0 Å². The maximum atomic E-state index is 12.4. The molecular weight excluding hydrogens is 334 g/mol. The van der Waals surface area contributed by atoms with Crippen molar-refractivity contribution in [2.24, 2.45) is 0 Å². The smallest absolute Gasteiger partial charge is 0.275 e. The van der Waals surface area contributed by atoms with Gasteiger partial charge in [-0.2, -0.15) is 5.10 Å². The van der Waals surface area contributed by atoms with Crippen molar-refractivity contribution in [2.75, 3.05) is 11.8 Å². The molecule has 2 aromatic heterocycles. The van der Waals surface area contributed by atoms with Crippen LogP contribution in [-0.2, 0) is 16.6 Å². The van der Waals surface area contributed by atoms with E-state index in [0.29, 0.717) is 18.0 Å². The Morgan fingerprint density at radius 1 is 1.26 bits per heavy atom. The first-order valence-corrected chi connectivity index (χ1v) is 9.15. The Morgan fingerprint density at radius 2 is 2.04 bits per heavy atom. The maximum absolute atomic E-state index is 12.4. The van der Waals surface area contributed by atoms with Crippen LogP contribution in [0.2, 0.25) is 0 Å². The summed E-state index contributed by atoms with van der Waals surface area (Å²) in [5.74, 6) is 0.345. The molecule has 0 unspecified atom stereocenters. The van der Waals surface area contributed by atoms with Crippen molar-refractivity contribution in [1.82, 2.24) is 9.78 Å². The third kappa shape index (κ3) is 3.54. The van der Waals surface area contributed by atoms with E-state index in [-0.39, 0.29) is 4.21 Å². The van der Waals surface area contributed by atoms with E-state index in [2.05, 4.69) is 9.82 Å². The van der Waals surface area contributed by atoms with E-state index < -0.39 is 10.0 Å². The van der Waals surface area contributed by atoms with E-state index in [9.17, 15) is 8.42 Å². The maximum Gasteiger partial charge on any atom is 0.275 e. The molecule has 6 nitrogen and oxygen atoms in total. The fourth-order valence-corrected chi connectivity index (χ4v) is 4.43. The molecular formula is C15H15N3O3S2. The van der Waals surface area contributed by atoms with Crippen LogP contribution >= 0.6 is 11.3 Å². The first kappa shape index (κ1) is 15.6. The molecule has 0 fully saturated rings. The Hall–Kier alpha value is -2.32. The first-order valence-electron chi connectivity index (χ1n) is 6.79. The molecule has 0 amide bonds. The summed E-state index contributed by atoms with van der Waals surface area (Å²) >= 11 is 1.12. The number of rotatable bonds is 6. The van der Waals surface area contributed by atoms with Gasteiger partial charge in [0.05, 0.1) is 13.7 Å². The van der Waals surface area contributed by atoms with E-state index >= 15 is 0 Å². The molecule has 120 valence electrons. The van der Waals surface area contributed by atoms with E-state index in [1.807, 2.05) is 24.4 Å². The predicted octanol–water partition coefficient (Wildman–Crippen LogP) is 2.80. The van der Waals surface area contributed by atoms with E-state index in [1.165, 1.54) is 7.11 Å². The minimum atomic E-state index is -3.65. The molecule has 0 saturated heterocycles. The van der Waals surface area contributed by atoms with Crippen LogP contribution < -0.4 is 9.46 Å². The second-order valence-corrected chi connectivity index (χ2v) is 7.58. The van der Waals surface area contributed by atoms with E-state index in [1.54, 1.807) is 34.5 Å². The van der Waals surface area contributed by atoms with Gasteiger partial charge in [-0.3, -0.25) is 9.40 Å². The Labute approximate surface area is 138 Å². The minimum Gasteiger partial charge on any atom is -0.494 e. The second kappa shape index (κ2) is 6.43. The number of benzene rings is 1. The molecule has 1 aromatic carbocycles. The number of ether oxygens (including phenoxy) is 1. The third-order valence-electron chi connectivity index (χ3n) is 3.17. The number of anilines is 1. The van der Waals surface area contributed by atoms with Crippen LogP contribution in [0, 0.1) is 0 Å². The Bertz CT molecular complexity index is 869. The lowest BCUT2D eigenvalue weighted by Gasteiger charge is -2.09. The summed E-state index contributed by atoms with van der Waals surface area (Å²) in [7, 11) is -2.20. The lowest BCUT2D eigenvalue weighted by molar-refractivity contribution is 0.406. The third-order valence-corrected chi connectivity index (χ3v) is 6.00. The number of hydrogen-bond acceptors (Lipinski definition) is 5. The van der Waals surface area contributed by atoms with Gasteiger partial charge in [-0.25, -0.2) is 8.42 Å². The highest BCUT2D eigenvalue weighted by atomic mass is 32.2. The van der Waals surface area contributed by atoms with Gasteiger partial charge in [-0.15, -0.1) is 11.3 Å². The SMILES string of the molecule is COc1ccsc1S(=O)(=O)Nc1ccc(Cn2cccn2)cc1. The Balaban J connectivity index is 1.75. The summed E-state index contributed by atoms with van der Waals surface area (Å²) < 4.78 is 34.4. The molecule has 0 atom stereocenters. The van der Waals surface area contributed by atoms with Gasteiger partial charge in [0, 0.05) is 18.1 Å². The molecule has 0 aliphatic rings. The highest BCUT2D eigenvalue weighted by molar-refractivity contribution is 7.94. The molecule has 1 N–H and O–H groups in total. The van der Waals surface area contributed by atoms with Crippen molar-refractivity contribution in [3.05, 3.63) is 59.7 Å². The topological polar surface area (TPSA) is 73.2 Å². The van der Waals surface area contributed by atoms with Gasteiger partial charge in [0.1, 0.15) is 5.75 Å². The first-order chi connectivity index (χ1) is 11.1. The van der Waals surface area contributed by atoms with E-state index in [0.717, 1.165) is 16.9 Å². The zero-order valence-corrected chi connectivity index (χ0v) is 14.0. The Kier molecular flexibility index (Phi) is 4.35. The van der Waals surface area contributed by atoms with Crippen LogP contribution in [-0.4, -0.2) is 25.3 Å². The molecule has 0 saturated carbocycles. The Morgan fingerprint density at radius 3 is 2.70 bits per heavy atom. The second-order valence-electron chi connectivity index (χ2n) is 4.78. The minimum absolute atomic E-state index is 0.167. The average molecular weight is 349 g/mol. The summed E-state index contributed by atoms with van der Waals surface area (Å²) in [6.07, 6.45) is 3.59. The quantitative estimate of drug-likeness (QED) is 0.743. The summed E-state index contributed by atoms with van der Waals surface area (Å²) in [4.78, 5) is 0. The van der Waals surface area contributed by atoms with Crippen LogP contribution in [0.15, 0.2) is 58.4 Å². The van der Waals surface area contributed by atoms with Crippen molar-refractivity contribution >= 4 is 27.0 Å². The lowest BCUT2D eigenvalue weighted by Crippen LogP contribution is -2.12. The predicted molar refractivity (Wildman–Crippen MR) is 89.5 cm³/mol. The number of nitrogens with one attached hydrogen (secondary N) is 1. The lowest BCUT2D eigenvalue weighted by atomic mass is 10.2. The molecule has 0 spiro atoms. The van der Waals surface area contributed by atoms with Crippen LogP contribution in [0.5, 0.6) is 5.75 Å². The monoisotopic (exact) mass is 349 g/mol. The molecule has 0 aliphatic carbocycles. The van der Waals surface area contributed by atoms with Gasteiger partial charge < -0.3 is 4.74 Å². The average Bonchev–Trinajstić information content (AvgIpc) is 3.20. The fraction of sp³-hybridized carbons (Fsp3) is 0.133. The van der Waals surface area contributed by atoms with Crippen molar-refractivity contribution < 1.29 is 13.2 Å². The van der Waals surface area contributed by atoms with Gasteiger partial charge >= 0.3 is 0 Å². The summed E-state index contributed by atoms with van der Waals surface area (Å²) in [5.41, 5.74) is 1.54. The van der Waals surface area contributed by atoms with Gasteiger partial charge in [-0.05, 0) is 35.2 Å².